The van der Waals surface area contributed by atoms with E-state index in [4.69, 9.17) is 9.47 Å². The standard InChI is InChI=1S/C17H22N2O6S/c20-16(4-2-12-1-3-14-15(9-12)25-11-24-14)18-7-5-17(21)19-13-6-8-26(22,23)10-13/h1,3,9,13H,2,4-8,10-11H2,(H,18,20)(H,19,21)/t13-/m0/s1. The van der Waals surface area contributed by atoms with Gasteiger partial charge in [-0.15, -0.1) is 0 Å². The van der Waals surface area contributed by atoms with Gasteiger partial charge in [-0.05, 0) is 30.5 Å². The minimum atomic E-state index is -3.01. The number of carbonyl (C=O) groups excluding carboxylic acids is 2. The summed E-state index contributed by atoms with van der Waals surface area (Å²) in [4.78, 5) is 23.7. The van der Waals surface area contributed by atoms with E-state index in [0.717, 1.165) is 5.56 Å². The van der Waals surface area contributed by atoms with Crippen molar-refractivity contribution in [2.24, 2.45) is 0 Å². The topological polar surface area (TPSA) is 111 Å². The molecule has 0 saturated carbocycles. The van der Waals surface area contributed by atoms with Crippen molar-refractivity contribution < 1.29 is 27.5 Å². The molecule has 2 aliphatic rings. The fourth-order valence-corrected chi connectivity index (χ4v) is 4.64. The van der Waals surface area contributed by atoms with Crippen molar-refractivity contribution >= 4 is 21.7 Å². The summed E-state index contributed by atoms with van der Waals surface area (Å²) < 4.78 is 33.2. The number of hydrogen-bond acceptors (Lipinski definition) is 6. The molecule has 0 aromatic heterocycles. The summed E-state index contributed by atoms with van der Waals surface area (Å²) in [6, 6.07) is 5.26. The maximum absolute atomic E-state index is 11.9. The molecule has 9 heteroatoms. The number of hydrogen-bond donors (Lipinski definition) is 2. The number of amides is 2. The summed E-state index contributed by atoms with van der Waals surface area (Å²) in [5.41, 5.74) is 0.976. The maximum atomic E-state index is 11.9. The van der Waals surface area contributed by atoms with Crippen LogP contribution in [0.15, 0.2) is 18.2 Å². The Morgan fingerprint density at radius 1 is 1.12 bits per heavy atom. The molecule has 0 unspecified atom stereocenters. The Hall–Kier alpha value is -2.29. The fraction of sp³-hybridized carbons (Fsp3) is 0.529. The highest BCUT2D eigenvalue weighted by Gasteiger charge is 2.28. The summed E-state index contributed by atoms with van der Waals surface area (Å²) in [6.07, 6.45) is 1.46. The highest BCUT2D eigenvalue weighted by molar-refractivity contribution is 7.91. The fourth-order valence-electron chi connectivity index (χ4n) is 2.97. The van der Waals surface area contributed by atoms with Gasteiger partial charge in [-0.2, -0.15) is 0 Å². The van der Waals surface area contributed by atoms with Gasteiger partial charge >= 0.3 is 0 Å². The number of ether oxygens (including phenoxy) is 2. The monoisotopic (exact) mass is 382 g/mol. The normalized spacial score (nSPS) is 19.9. The van der Waals surface area contributed by atoms with Gasteiger partial charge in [0.2, 0.25) is 18.6 Å². The molecule has 3 rings (SSSR count). The van der Waals surface area contributed by atoms with Crippen molar-refractivity contribution in [2.75, 3.05) is 24.8 Å². The molecule has 0 aliphatic carbocycles. The summed E-state index contributed by atoms with van der Waals surface area (Å²) in [7, 11) is -3.01. The van der Waals surface area contributed by atoms with E-state index in [1.54, 1.807) is 0 Å². The van der Waals surface area contributed by atoms with Crippen LogP contribution >= 0.6 is 0 Å². The van der Waals surface area contributed by atoms with Crippen molar-refractivity contribution in [3.05, 3.63) is 23.8 Å². The van der Waals surface area contributed by atoms with Crippen LogP contribution in [-0.4, -0.2) is 51.1 Å². The van der Waals surface area contributed by atoms with Gasteiger partial charge in [0, 0.05) is 25.4 Å². The van der Waals surface area contributed by atoms with Gasteiger partial charge in [-0.25, -0.2) is 8.42 Å². The number of nitrogens with one attached hydrogen (secondary N) is 2. The van der Waals surface area contributed by atoms with E-state index in [1.807, 2.05) is 18.2 Å². The average molecular weight is 382 g/mol. The van der Waals surface area contributed by atoms with E-state index in [-0.39, 0.29) is 49.1 Å². The van der Waals surface area contributed by atoms with Crippen LogP contribution in [0.25, 0.3) is 0 Å². The molecule has 2 N–H and O–H groups in total. The zero-order valence-corrected chi connectivity index (χ0v) is 15.1. The first-order chi connectivity index (χ1) is 12.4. The molecular weight excluding hydrogens is 360 g/mol. The van der Waals surface area contributed by atoms with Crippen LogP contribution in [0.2, 0.25) is 0 Å². The highest BCUT2D eigenvalue weighted by Crippen LogP contribution is 2.32. The van der Waals surface area contributed by atoms with Crippen molar-refractivity contribution in [1.82, 2.24) is 10.6 Å². The Kier molecular flexibility index (Phi) is 5.65. The molecular formula is C17H22N2O6S. The quantitative estimate of drug-likeness (QED) is 0.695. The second-order valence-electron chi connectivity index (χ2n) is 6.46. The van der Waals surface area contributed by atoms with Crippen LogP contribution in [0.3, 0.4) is 0 Å². The van der Waals surface area contributed by atoms with E-state index in [1.165, 1.54) is 0 Å². The molecule has 1 saturated heterocycles. The Morgan fingerprint density at radius 2 is 1.92 bits per heavy atom. The Balaban J connectivity index is 1.32. The van der Waals surface area contributed by atoms with E-state index in [2.05, 4.69) is 10.6 Å². The predicted molar refractivity (Wildman–Crippen MR) is 93.7 cm³/mol. The second-order valence-corrected chi connectivity index (χ2v) is 8.68. The Morgan fingerprint density at radius 3 is 2.69 bits per heavy atom. The van der Waals surface area contributed by atoms with Gasteiger partial charge in [0.15, 0.2) is 21.3 Å². The number of fused-ring (bicyclic) bond motifs is 1. The molecule has 0 spiro atoms. The molecule has 2 amide bonds. The Bertz CT molecular complexity index is 792. The molecule has 1 aromatic rings. The molecule has 1 aromatic carbocycles. The molecule has 2 heterocycles. The first-order valence-corrected chi connectivity index (χ1v) is 10.4. The lowest BCUT2D eigenvalue weighted by atomic mass is 10.1. The van der Waals surface area contributed by atoms with Crippen molar-refractivity contribution in [3.8, 4) is 11.5 Å². The lowest BCUT2D eigenvalue weighted by Crippen LogP contribution is -2.37. The smallest absolute Gasteiger partial charge is 0.231 e. The van der Waals surface area contributed by atoms with Crippen molar-refractivity contribution in [2.45, 2.75) is 31.7 Å². The summed E-state index contributed by atoms with van der Waals surface area (Å²) >= 11 is 0. The van der Waals surface area contributed by atoms with Gasteiger partial charge < -0.3 is 20.1 Å². The number of rotatable bonds is 7. The minimum Gasteiger partial charge on any atom is -0.454 e. The van der Waals surface area contributed by atoms with Crippen LogP contribution in [0.5, 0.6) is 11.5 Å². The molecule has 2 aliphatic heterocycles. The third kappa shape index (κ3) is 5.10. The summed E-state index contributed by atoms with van der Waals surface area (Å²) in [5.74, 6) is 1.13. The van der Waals surface area contributed by atoms with Crippen LogP contribution in [0, 0.1) is 0 Å². The van der Waals surface area contributed by atoms with Gasteiger partial charge in [0.25, 0.3) is 0 Å². The zero-order valence-electron chi connectivity index (χ0n) is 14.3. The van der Waals surface area contributed by atoms with Crippen LogP contribution in [-0.2, 0) is 25.8 Å². The van der Waals surface area contributed by atoms with E-state index >= 15 is 0 Å². The van der Waals surface area contributed by atoms with Crippen LogP contribution in [0.4, 0.5) is 0 Å². The SMILES string of the molecule is O=C(CCc1ccc2c(c1)OCO2)NCCC(=O)N[C@H]1CCS(=O)(=O)C1. The maximum Gasteiger partial charge on any atom is 0.231 e. The highest BCUT2D eigenvalue weighted by atomic mass is 32.2. The molecule has 26 heavy (non-hydrogen) atoms. The van der Waals surface area contributed by atoms with E-state index < -0.39 is 9.84 Å². The molecule has 142 valence electrons. The first-order valence-electron chi connectivity index (χ1n) is 8.56. The number of aryl methyl sites for hydroxylation is 1. The van der Waals surface area contributed by atoms with Crippen LogP contribution in [0.1, 0.15) is 24.8 Å². The molecule has 1 atom stereocenters. The molecule has 1 fully saturated rings. The molecule has 0 bridgehead atoms. The molecule has 8 nitrogen and oxygen atoms in total. The summed E-state index contributed by atoms with van der Waals surface area (Å²) in [5, 5.41) is 5.40. The average Bonchev–Trinajstić information content (AvgIpc) is 3.18. The first kappa shape index (κ1) is 18.5. The lowest BCUT2D eigenvalue weighted by Gasteiger charge is -2.11. The van der Waals surface area contributed by atoms with E-state index in [9.17, 15) is 18.0 Å². The van der Waals surface area contributed by atoms with Gasteiger partial charge in [0.1, 0.15) is 0 Å². The van der Waals surface area contributed by atoms with E-state index in [0.29, 0.717) is 30.8 Å². The number of benzene rings is 1. The zero-order chi connectivity index (χ0) is 18.6. The van der Waals surface area contributed by atoms with Crippen molar-refractivity contribution in [3.63, 3.8) is 0 Å². The largest absolute Gasteiger partial charge is 0.454 e. The van der Waals surface area contributed by atoms with Gasteiger partial charge in [-0.3, -0.25) is 9.59 Å². The second kappa shape index (κ2) is 7.94. The number of carbonyl (C=O) groups is 2. The minimum absolute atomic E-state index is 0.000626. The van der Waals surface area contributed by atoms with Gasteiger partial charge in [0.05, 0.1) is 11.5 Å². The summed E-state index contributed by atoms with van der Waals surface area (Å²) in [6.45, 7) is 0.444. The van der Waals surface area contributed by atoms with Gasteiger partial charge in [-0.1, -0.05) is 6.07 Å². The lowest BCUT2D eigenvalue weighted by molar-refractivity contribution is -0.122. The Labute approximate surface area is 152 Å². The van der Waals surface area contributed by atoms with Crippen LogP contribution < -0.4 is 20.1 Å². The number of sulfone groups is 1. The third-order valence-electron chi connectivity index (χ3n) is 4.35. The molecule has 0 radical (unpaired) electrons. The third-order valence-corrected chi connectivity index (χ3v) is 6.12. The predicted octanol–water partition coefficient (Wildman–Crippen LogP) is 0.158. The van der Waals surface area contributed by atoms with Crippen molar-refractivity contribution in [1.29, 1.82) is 0 Å².